The van der Waals surface area contributed by atoms with Crippen molar-refractivity contribution in [3.05, 3.63) is 27.1 Å². The van der Waals surface area contributed by atoms with Crippen LogP contribution >= 0.6 is 27.5 Å². The smallest absolute Gasteiger partial charge is 0.410 e. The molecule has 0 N–H and O–H groups in total. The number of likely N-dealkylation sites (tertiary alicyclic amines) is 1. The van der Waals surface area contributed by atoms with Gasteiger partial charge in [0.2, 0.25) is 5.88 Å². The van der Waals surface area contributed by atoms with E-state index in [2.05, 4.69) is 38.8 Å². The molecular formula is C28H32BrClFN5O4. The summed E-state index contributed by atoms with van der Waals surface area (Å²) in [7, 11) is 2.06. The molecule has 40 heavy (non-hydrogen) atoms. The Morgan fingerprint density at radius 1 is 1.27 bits per heavy atom. The van der Waals surface area contributed by atoms with Gasteiger partial charge in [-0.15, -0.1) is 0 Å². The number of amides is 1. The second kappa shape index (κ2) is 9.76. The molecule has 2 saturated heterocycles. The zero-order valence-electron chi connectivity index (χ0n) is 23.1. The zero-order chi connectivity index (χ0) is 28.7. The quantitative estimate of drug-likeness (QED) is 0.320. The lowest BCUT2D eigenvalue weighted by Crippen LogP contribution is -2.65. The normalized spacial score (nSPS) is 26.4. The maximum Gasteiger partial charge on any atom is 0.410 e. The van der Waals surface area contributed by atoms with Crippen LogP contribution in [0.4, 0.5) is 20.6 Å². The number of carbonyl (C=O) groups excluding carboxylic acids is 2. The molecule has 5 heterocycles. The van der Waals surface area contributed by atoms with Crippen LogP contribution in [0.5, 0.6) is 5.88 Å². The van der Waals surface area contributed by atoms with Gasteiger partial charge in [-0.3, -0.25) is 4.90 Å². The second-order valence-corrected chi connectivity index (χ2v) is 13.3. The van der Waals surface area contributed by atoms with Gasteiger partial charge in [0.1, 0.15) is 34.5 Å². The maximum absolute atomic E-state index is 15.7. The van der Waals surface area contributed by atoms with Crippen molar-refractivity contribution < 1.29 is 23.5 Å². The first-order valence-corrected chi connectivity index (χ1v) is 14.7. The average molecular weight is 637 g/mol. The minimum atomic E-state index is -0.667. The van der Waals surface area contributed by atoms with Crippen molar-refractivity contribution in [2.45, 2.75) is 70.4 Å². The van der Waals surface area contributed by atoms with Gasteiger partial charge < -0.3 is 24.2 Å². The molecule has 1 amide bonds. The summed E-state index contributed by atoms with van der Waals surface area (Å²) in [6.45, 7) is 9.34. The molecule has 214 valence electrons. The monoisotopic (exact) mass is 635 g/mol. The lowest BCUT2D eigenvalue weighted by molar-refractivity contribution is 0.0132. The summed E-state index contributed by atoms with van der Waals surface area (Å²) in [5.41, 5.74) is 1.15. The molecule has 2 fully saturated rings. The predicted molar refractivity (Wildman–Crippen MR) is 155 cm³/mol. The molecule has 0 saturated carbocycles. The van der Waals surface area contributed by atoms with E-state index in [1.807, 2.05) is 37.5 Å². The summed E-state index contributed by atoms with van der Waals surface area (Å²) < 4.78 is 28.0. The third-order valence-corrected chi connectivity index (χ3v) is 9.60. The van der Waals surface area contributed by atoms with Crippen LogP contribution in [-0.4, -0.2) is 89.9 Å². The SMILES string of the molecule is C[C@@H]1CN2c3c4c(nc5c(F)c(Br)c(Cl)cc35)O[C@H]([C@@H]3CCCN3C)CN4C(=C=O)[C@H]2CN1C(=O)OC(C)(C)C. The third-order valence-electron chi connectivity index (χ3n) is 8.30. The standard InChI is InChI=1S/C28H32BrClFN5O4/c1-14-10-35-18(11-34(14)27(38)40-28(2,3)4)19(13-37)36-12-20(17-7-6-8-33(17)5)39-26-25(36)24(35)15-9-16(30)21(29)22(31)23(15)32-26/h9,14,17-18,20H,6-8,10-12H2,1-5H3/t14-,17+,18-,20+/m1/s1. The Morgan fingerprint density at radius 3 is 2.67 bits per heavy atom. The van der Waals surface area contributed by atoms with E-state index in [1.165, 1.54) is 0 Å². The fraction of sp³-hybridized carbons (Fsp3) is 0.571. The minimum Gasteiger partial charge on any atom is -0.469 e. The molecule has 0 bridgehead atoms. The van der Waals surface area contributed by atoms with Gasteiger partial charge in [-0.1, -0.05) is 11.6 Å². The average Bonchev–Trinajstić information content (AvgIpc) is 3.32. The van der Waals surface area contributed by atoms with Crippen LogP contribution in [0, 0.1) is 5.82 Å². The number of halogens is 3. The van der Waals surface area contributed by atoms with Gasteiger partial charge in [0.25, 0.3) is 0 Å². The molecule has 2 aromatic rings. The highest BCUT2D eigenvalue weighted by Crippen LogP contribution is 2.53. The number of likely N-dealkylation sites (N-methyl/N-ethyl adjacent to an activating group) is 1. The maximum atomic E-state index is 15.7. The number of pyridine rings is 1. The number of rotatable bonds is 1. The van der Waals surface area contributed by atoms with Crippen molar-refractivity contribution >= 4 is 61.8 Å². The summed E-state index contributed by atoms with van der Waals surface area (Å²) in [5, 5.41) is 0.729. The number of hydrogen-bond acceptors (Lipinski definition) is 8. The summed E-state index contributed by atoms with van der Waals surface area (Å²) >= 11 is 9.71. The van der Waals surface area contributed by atoms with E-state index < -0.39 is 23.6 Å². The number of piperazine rings is 1. The van der Waals surface area contributed by atoms with E-state index >= 15 is 4.39 Å². The number of nitrogens with zero attached hydrogens (tertiary/aromatic N) is 5. The Morgan fingerprint density at radius 2 is 2.02 bits per heavy atom. The van der Waals surface area contributed by atoms with E-state index in [9.17, 15) is 9.59 Å². The highest BCUT2D eigenvalue weighted by molar-refractivity contribution is 9.10. The van der Waals surface area contributed by atoms with Crippen LogP contribution in [0.2, 0.25) is 5.02 Å². The topological polar surface area (TPSA) is 78.5 Å². The van der Waals surface area contributed by atoms with Gasteiger partial charge in [0.05, 0.1) is 34.3 Å². The molecule has 12 heteroatoms. The second-order valence-electron chi connectivity index (χ2n) is 12.1. The first-order valence-electron chi connectivity index (χ1n) is 13.6. The van der Waals surface area contributed by atoms with Gasteiger partial charge >= 0.3 is 6.09 Å². The van der Waals surface area contributed by atoms with Gasteiger partial charge in [0.15, 0.2) is 5.82 Å². The zero-order valence-corrected chi connectivity index (χ0v) is 25.5. The van der Waals surface area contributed by atoms with Crippen molar-refractivity contribution in [2.24, 2.45) is 0 Å². The van der Waals surface area contributed by atoms with Crippen molar-refractivity contribution in [3.63, 3.8) is 0 Å². The first kappa shape index (κ1) is 27.6. The number of ether oxygens (including phenoxy) is 2. The number of carbonyl (C=O) groups is 1. The number of fused-ring (bicyclic) bond motifs is 4. The van der Waals surface area contributed by atoms with Crippen LogP contribution in [0.1, 0.15) is 40.5 Å². The molecule has 0 aliphatic carbocycles. The molecular weight excluding hydrogens is 605 g/mol. The Balaban J connectivity index is 1.53. The van der Waals surface area contributed by atoms with Gasteiger partial charge in [-0.05, 0) is 76.1 Å². The molecule has 0 spiro atoms. The largest absolute Gasteiger partial charge is 0.469 e. The van der Waals surface area contributed by atoms with E-state index in [1.54, 1.807) is 11.0 Å². The molecule has 4 aliphatic heterocycles. The Bertz CT molecular complexity index is 1460. The van der Waals surface area contributed by atoms with E-state index in [4.69, 9.17) is 21.1 Å². The van der Waals surface area contributed by atoms with Crippen LogP contribution in [0.25, 0.3) is 10.9 Å². The lowest BCUT2D eigenvalue weighted by Gasteiger charge is -2.53. The van der Waals surface area contributed by atoms with Crippen molar-refractivity contribution in [1.82, 2.24) is 14.8 Å². The summed E-state index contributed by atoms with van der Waals surface area (Å²) in [6.07, 6.45) is 1.25. The summed E-state index contributed by atoms with van der Waals surface area (Å²) in [5.74, 6) is 1.90. The third kappa shape index (κ3) is 4.33. The highest BCUT2D eigenvalue weighted by Gasteiger charge is 2.50. The van der Waals surface area contributed by atoms with Gasteiger partial charge in [0, 0.05) is 24.0 Å². The Hall–Kier alpha value is -2.59. The van der Waals surface area contributed by atoms with Crippen LogP contribution in [-0.2, 0) is 9.53 Å². The number of hydrogen-bond donors (Lipinski definition) is 0. The molecule has 1 aromatic carbocycles. The van der Waals surface area contributed by atoms with Crippen molar-refractivity contribution in [1.29, 1.82) is 0 Å². The molecule has 0 unspecified atom stereocenters. The Labute approximate surface area is 245 Å². The minimum absolute atomic E-state index is 0.117. The fourth-order valence-corrected chi connectivity index (χ4v) is 6.98. The molecule has 4 aliphatic rings. The van der Waals surface area contributed by atoms with Crippen LogP contribution in [0.3, 0.4) is 0 Å². The molecule has 6 rings (SSSR count). The number of benzene rings is 1. The molecule has 1 aromatic heterocycles. The highest BCUT2D eigenvalue weighted by atomic mass is 79.9. The molecule has 4 atom stereocenters. The Kier molecular flexibility index (Phi) is 6.72. The fourth-order valence-electron chi connectivity index (χ4n) is 6.49. The molecule has 0 radical (unpaired) electrons. The van der Waals surface area contributed by atoms with E-state index in [0.717, 1.165) is 19.4 Å². The summed E-state index contributed by atoms with van der Waals surface area (Å²) in [6, 6.07) is 1.02. The predicted octanol–water partition coefficient (Wildman–Crippen LogP) is 4.99. The van der Waals surface area contributed by atoms with Crippen molar-refractivity contribution in [3.8, 4) is 5.88 Å². The van der Waals surface area contributed by atoms with E-state index in [0.29, 0.717) is 35.5 Å². The van der Waals surface area contributed by atoms with Gasteiger partial charge in [-0.25, -0.2) is 19.0 Å². The van der Waals surface area contributed by atoms with Crippen molar-refractivity contribution in [2.75, 3.05) is 43.0 Å². The van der Waals surface area contributed by atoms with Gasteiger partial charge in [-0.2, -0.15) is 0 Å². The molecule has 9 nitrogen and oxygen atoms in total. The number of aromatic nitrogens is 1. The van der Waals surface area contributed by atoms with Crippen LogP contribution < -0.4 is 14.5 Å². The summed E-state index contributed by atoms with van der Waals surface area (Å²) in [4.78, 5) is 38.5. The van der Waals surface area contributed by atoms with E-state index in [-0.39, 0.29) is 45.6 Å². The van der Waals surface area contributed by atoms with Crippen LogP contribution in [0.15, 0.2) is 16.2 Å². The number of anilines is 2. The first-order chi connectivity index (χ1) is 18.9. The lowest BCUT2D eigenvalue weighted by atomic mass is 9.94.